The number of para-hydroxylation sites is 1. The molecule has 1 aromatic rings. The summed E-state index contributed by atoms with van der Waals surface area (Å²) < 4.78 is 6.06. The Morgan fingerprint density at radius 3 is 2.52 bits per heavy atom. The van der Waals surface area contributed by atoms with Crippen LogP contribution in [-0.2, 0) is 19.1 Å². The number of rotatable bonds is 8. The van der Waals surface area contributed by atoms with E-state index in [2.05, 4.69) is 12.2 Å². The monoisotopic (exact) mass is 429 g/mol. The molecule has 2 aliphatic rings. The molecule has 7 nitrogen and oxygen atoms in total. The van der Waals surface area contributed by atoms with Gasteiger partial charge in [-0.15, -0.1) is 0 Å². The molecule has 3 amide bonds. The van der Waals surface area contributed by atoms with Crippen LogP contribution in [0.3, 0.4) is 0 Å². The number of ether oxygens (including phenoxy) is 1. The first-order valence-corrected chi connectivity index (χ1v) is 11.4. The van der Waals surface area contributed by atoms with Gasteiger partial charge in [0.05, 0.1) is 12.1 Å². The van der Waals surface area contributed by atoms with Crippen molar-refractivity contribution in [1.29, 1.82) is 0 Å². The van der Waals surface area contributed by atoms with Gasteiger partial charge in [-0.3, -0.25) is 14.4 Å². The summed E-state index contributed by atoms with van der Waals surface area (Å²) in [5.74, 6) is 0.517. The minimum absolute atomic E-state index is 0.00482. The molecule has 2 saturated heterocycles. The van der Waals surface area contributed by atoms with Crippen molar-refractivity contribution in [2.75, 3.05) is 37.7 Å². The van der Waals surface area contributed by atoms with E-state index >= 15 is 0 Å². The topological polar surface area (TPSA) is 79.0 Å². The van der Waals surface area contributed by atoms with Crippen molar-refractivity contribution in [3.63, 3.8) is 0 Å². The zero-order valence-corrected chi connectivity index (χ0v) is 18.8. The molecule has 170 valence electrons. The number of likely N-dealkylation sites (tertiary alicyclic amines) is 1. The number of carbonyl (C=O) groups is 3. The van der Waals surface area contributed by atoms with Crippen LogP contribution in [-0.4, -0.2) is 61.0 Å². The van der Waals surface area contributed by atoms with Crippen molar-refractivity contribution in [3.05, 3.63) is 30.3 Å². The van der Waals surface area contributed by atoms with Gasteiger partial charge in [-0.1, -0.05) is 24.6 Å². The van der Waals surface area contributed by atoms with Gasteiger partial charge in [0.25, 0.3) is 5.91 Å². The van der Waals surface area contributed by atoms with Gasteiger partial charge in [-0.2, -0.15) is 0 Å². The molecular formula is C24H35N3O4. The summed E-state index contributed by atoms with van der Waals surface area (Å²) in [5.41, 5.74) is 0.510. The Kier molecular flexibility index (Phi) is 8.07. The fourth-order valence-corrected chi connectivity index (χ4v) is 4.58. The SMILES string of the molecule is CC(=O)NCCCCCC(=O)N1CCC([C@@]2(C)CN(c3ccccc3)C(=O)CO2)CC1. The molecule has 0 radical (unpaired) electrons. The summed E-state index contributed by atoms with van der Waals surface area (Å²) in [6, 6.07) is 9.75. The maximum Gasteiger partial charge on any atom is 0.253 e. The standard InChI is InChI=1S/C24H35N3O4/c1-19(28)25-14-8-4-7-11-22(29)26-15-12-20(13-16-26)24(2)18-27(23(30)17-31-24)21-9-5-3-6-10-21/h3,5-6,9-10,20H,4,7-8,11-18H2,1-2H3,(H,25,28)/t24-/m1/s1. The Morgan fingerprint density at radius 2 is 1.84 bits per heavy atom. The fourth-order valence-electron chi connectivity index (χ4n) is 4.58. The van der Waals surface area contributed by atoms with E-state index in [0.29, 0.717) is 25.4 Å². The van der Waals surface area contributed by atoms with E-state index < -0.39 is 5.60 Å². The summed E-state index contributed by atoms with van der Waals surface area (Å²) in [4.78, 5) is 39.7. The van der Waals surface area contributed by atoms with Gasteiger partial charge in [0.1, 0.15) is 6.61 Å². The van der Waals surface area contributed by atoms with Crippen molar-refractivity contribution in [2.24, 2.45) is 5.92 Å². The van der Waals surface area contributed by atoms with Crippen LogP contribution in [0.1, 0.15) is 52.4 Å². The normalized spacial score (nSPS) is 22.5. The molecule has 0 saturated carbocycles. The van der Waals surface area contributed by atoms with Crippen LogP contribution in [0.15, 0.2) is 30.3 Å². The van der Waals surface area contributed by atoms with E-state index in [1.807, 2.05) is 40.1 Å². The number of hydrogen-bond acceptors (Lipinski definition) is 4. The molecule has 2 aliphatic heterocycles. The van der Waals surface area contributed by atoms with Gasteiger partial charge >= 0.3 is 0 Å². The second-order valence-electron chi connectivity index (χ2n) is 8.87. The number of carbonyl (C=O) groups excluding carboxylic acids is 3. The van der Waals surface area contributed by atoms with E-state index in [0.717, 1.165) is 50.9 Å². The number of nitrogens with one attached hydrogen (secondary N) is 1. The molecule has 1 aromatic carbocycles. The molecule has 0 spiro atoms. The van der Waals surface area contributed by atoms with E-state index in [1.54, 1.807) is 0 Å². The highest BCUT2D eigenvalue weighted by molar-refractivity contribution is 5.95. The molecule has 2 fully saturated rings. The Morgan fingerprint density at radius 1 is 1.13 bits per heavy atom. The highest BCUT2D eigenvalue weighted by Gasteiger charge is 2.44. The summed E-state index contributed by atoms with van der Waals surface area (Å²) in [5, 5.41) is 2.78. The van der Waals surface area contributed by atoms with Crippen LogP contribution in [0, 0.1) is 5.92 Å². The predicted molar refractivity (Wildman–Crippen MR) is 120 cm³/mol. The molecule has 0 unspecified atom stereocenters. The molecular weight excluding hydrogens is 394 g/mol. The Balaban J connectivity index is 1.45. The zero-order chi connectivity index (χ0) is 22.3. The van der Waals surface area contributed by atoms with Crippen LogP contribution >= 0.6 is 0 Å². The lowest BCUT2D eigenvalue weighted by Gasteiger charge is -2.47. The lowest BCUT2D eigenvalue weighted by Crippen LogP contribution is -2.58. The third kappa shape index (κ3) is 6.29. The molecule has 3 rings (SSSR count). The van der Waals surface area contributed by atoms with Crippen molar-refractivity contribution in [3.8, 4) is 0 Å². The molecule has 0 bridgehead atoms. The number of hydrogen-bond donors (Lipinski definition) is 1. The highest BCUT2D eigenvalue weighted by atomic mass is 16.5. The predicted octanol–water partition coefficient (Wildman–Crippen LogP) is 2.74. The summed E-state index contributed by atoms with van der Waals surface area (Å²) >= 11 is 0. The minimum Gasteiger partial charge on any atom is -0.363 e. The van der Waals surface area contributed by atoms with Gasteiger partial charge in [0.2, 0.25) is 11.8 Å². The largest absolute Gasteiger partial charge is 0.363 e. The van der Waals surface area contributed by atoms with E-state index in [9.17, 15) is 14.4 Å². The van der Waals surface area contributed by atoms with Gasteiger partial charge in [0, 0.05) is 38.7 Å². The zero-order valence-electron chi connectivity index (χ0n) is 18.8. The first kappa shape index (κ1) is 23.3. The number of amides is 3. The summed E-state index contributed by atoms with van der Waals surface area (Å²) in [6.45, 7) is 6.43. The second kappa shape index (κ2) is 10.8. The van der Waals surface area contributed by atoms with Crippen molar-refractivity contribution in [2.45, 2.75) is 58.0 Å². The second-order valence-corrected chi connectivity index (χ2v) is 8.87. The smallest absolute Gasteiger partial charge is 0.253 e. The average Bonchev–Trinajstić information content (AvgIpc) is 2.78. The molecule has 1 N–H and O–H groups in total. The highest BCUT2D eigenvalue weighted by Crippen LogP contribution is 2.35. The summed E-state index contributed by atoms with van der Waals surface area (Å²) in [7, 11) is 0. The number of morpholine rings is 1. The van der Waals surface area contributed by atoms with Crippen molar-refractivity contribution >= 4 is 23.4 Å². The van der Waals surface area contributed by atoms with Gasteiger partial charge < -0.3 is 19.9 Å². The fraction of sp³-hybridized carbons (Fsp3) is 0.625. The maximum atomic E-state index is 12.6. The van der Waals surface area contributed by atoms with Crippen LogP contribution in [0.5, 0.6) is 0 Å². The lowest BCUT2D eigenvalue weighted by molar-refractivity contribution is -0.148. The van der Waals surface area contributed by atoms with E-state index in [4.69, 9.17) is 4.74 Å². The van der Waals surface area contributed by atoms with Gasteiger partial charge in [-0.05, 0) is 50.7 Å². The molecule has 1 atom stereocenters. The van der Waals surface area contributed by atoms with Crippen LogP contribution in [0.25, 0.3) is 0 Å². The average molecular weight is 430 g/mol. The maximum absolute atomic E-state index is 12.6. The van der Waals surface area contributed by atoms with E-state index in [-0.39, 0.29) is 24.3 Å². The Hall–Kier alpha value is -2.41. The number of piperidine rings is 1. The van der Waals surface area contributed by atoms with Crippen LogP contribution in [0.2, 0.25) is 0 Å². The molecule has 0 aliphatic carbocycles. The first-order valence-electron chi connectivity index (χ1n) is 11.4. The van der Waals surface area contributed by atoms with Crippen LogP contribution in [0.4, 0.5) is 5.69 Å². The minimum atomic E-state index is -0.400. The first-order chi connectivity index (χ1) is 14.9. The molecule has 0 aromatic heterocycles. The molecule has 7 heteroatoms. The van der Waals surface area contributed by atoms with E-state index in [1.165, 1.54) is 6.92 Å². The molecule has 31 heavy (non-hydrogen) atoms. The number of benzene rings is 1. The van der Waals surface area contributed by atoms with Gasteiger partial charge in [0.15, 0.2) is 0 Å². The number of unbranched alkanes of at least 4 members (excludes halogenated alkanes) is 2. The number of anilines is 1. The summed E-state index contributed by atoms with van der Waals surface area (Å²) in [6.07, 6.45) is 5.05. The van der Waals surface area contributed by atoms with Crippen molar-refractivity contribution < 1.29 is 19.1 Å². The molecule has 2 heterocycles. The van der Waals surface area contributed by atoms with Crippen molar-refractivity contribution in [1.82, 2.24) is 10.2 Å². The number of nitrogens with zero attached hydrogens (tertiary/aromatic N) is 2. The van der Waals surface area contributed by atoms with Crippen LogP contribution < -0.4 is 10.2 Å². The Bertz CT molecular complexity index is 761. The third-order valence-corrected chi connectivity index (χ3v) is 6.52. The Labute approximate surface area is 185 Å². The third-order valence-electron chi connectivity index (χ3n) is 6.52. The van der Waals surface area contributed by atoms with Gasteiger partial charge in [-0.25, -0.2) is 0 Å². The quantitative estimate of drug-likeness (QED) is 0.645. The lowest BCUT2D eigenvalue weighted by atomic mass is 9.80.